The van der Waals surface area contributed by atoms with Crippen LogP contribution in [0.5, 0.6) is 0 Å². The number of halogens is 1. The molecule has 1 heterocycles. The molecule has 5 heteroatoms. The summed E-state index contributed by atoms with van der Waals surface area (Å²) >= 11 is 0. The summed E-state index contributed by atoms with van der Waals surface area (Å²) in [4.78, 5) is 4.21. The Hall–Kier alpha value is -1.62. The van der Waals surface area contributed by atoms with E-state index in [1.54, 1.807) is 26.1 Å². The van der Waals surface area contributed by atoms with Crippen LogP contribution in [-0.2, 0) is 4.74 Å². The molecule has 0 bridgehead atoms. The van der Waals surface area contributed by atoms with Crippen molar-refractivity contribution in [3.8, 4) is 0 Å². The molecule has 0 saturated carbocycles. The monoisotopic (exact) mass is 293 g/mol. The van der Waals surface area contributed by atoms with Crippen LogP contribution in [0.25, 0.3) is 0 Å². The summed E-state index contributed by atoms with van der Waals surface area (Å²) < 4.78 is 18.9. The van der Waals surface area contributed by atoms with Crippen LogP contribution in [0.15, 0.2) is 23.2 Å². The number of nitrogens with one attached hydrogen (secondary N) is 2. The van der Waals surface area contributed by atoms with Crippen molar-refractivity contribution in [2.24, 2.45) is 10.4 Å². The van der Waals surface area contributed by atoms with Gasteiger partial charge in [0.25, 0.3) is 0 Å². The van der Waals surface area contributed by atoms with Crippen LogP contribution in [0.3, 0.4) is 0 Å². The van der Waals surface area contributed by atoms with Gasteiger partial charge in [-0.1, -0.05) is 19.1 Å². The van der Waals surface area contributed by atoms with Crippen molar-refractivity contribution in [3.05, 3.63) is 35.1 Å². The number of hydrogen-bond acceptors (Lipinski definition) is 2. The quantitative estimate of drug-likeness (QED) is 0.662. The van der Waals surface area contributed by atoms with Crippen LogP contribution in [0, 0.1) is 18.2 Å². The van der Waals surface area contributed by atoms with E-state index in [0.717, 1.165) is 31.3 Å². The van der Waals surface area contributed by atoms with Crippen LogP contribution in [0.2, 0.25) is 0 Å². The normalized spacial score (nSPS) is 18.8. The van der Waals surface area contributed by atoms with Crippen molar-refractivity contribution in [1.29, 1.82) is 0 Å². The maximum Gasteiger partial charge on any atom is 0.191 e. The molecule has 1 aliphatic heterocycles. The van der Waals surface area contributed by atoms with E-state index in [4.69, 9.17) is 4.74 Å². The molecular weight excluding hydrogens is 269 g/mol. The average Bonchev–Trinajstić information content (AvgIpc) is 2.44. The lowest BCUT2D eigenvalue weighted by Gasteiger charge is -2.38. The predicted molar refractivity (Wildman–Crippen MR) is 83.0 cm³/mol. The van der Waals surface area contributed by atoms with Gasteiger partial charge < -0.3 is 15.4 Å². The second kappa shape index (κ2) is 6.43. The summed E-state index contributed by atoms with van der Waals surface area (Å²) in [6, 6.07) is 5.29. The van der Waals surface area contributed by atoms with Gasteiger partial charge in [0.05, 0.1) is 19.3 Å². The molecule has 116 valence electrons. The zero-order valence-corrected chi connectivity index (χ0v) is 13.2. The molecule has 4 nitrogen and oxygen atoms in total. The summed E-state index contributed by atoms with van der Waals surface area (Å²) in [5, 5.41) is 6.59. The van der Waals surface area contributed by atoms with Gasteiger partial charge >= 0.3 is 0 Å². The largest absolute Gasteiger partial charge is 0.380 e. The van der Waals surface area contributed by atoms with E-state index in [1.807, 2.05) is 13.0 Å². The Kier molecular flexibility index (Phi) is 4.83. The number of aryl methyl sites for hydroxylation is 1. The molecule has 1 aliphatic rings. The number of rotatable bonds is 4. The van der Waals surface area contributed by atoms with Crippen molar-refractivity contribution < 1.29 is 9.13 Å². The first-order chi connectivity index (χ1) is 9.93. The standard InChI is InChI=1S/C16H24FN3O/c1-11-5-6-13(7-14(11)17)12(2)20-15(18-4)19-8-16(3)9-21-10-16/h5-7,12H,8-10H2,1-4H3,(H2,18,19,20). The summed E-state index contributed by atoms with van der Waals surface area (Å²) in [6.45, 7) is 8.28. The highest BCUT2D eigenvalue weighted by atomic mass is 19.1. The molecule has 21 heavy (non-hydrogen) atoms. The molecule has 1 unspecified atom stereocenters. The van der Waals surface area contributed by atoms with Crippen LogP contribution in [0.4, 0.5) is 4.39 Å². The minimum absolute atomic E-state index is 0.0169. The second-order valence-electron chi connectivity index (χ2n) is 6.10. The average molecular weight is 293 g/mol. The summed E-state index contributed by atoms with van der Waals surface area (Å²) in [5.41, 5.74) is 1.74. The molecule has 0 aliphatic carbocycles. The fourth-order valence-electron chi connectivity index (χ4n) is 2.21. The van der Waals surface area contributed by atoms with Crippen LogP contribution >= 0.6 is 0 Å². The maximum atomic E-state index is 13.6. The molecule has 0 radical (unpaired) electrons. The van der Waals surface area contributed by atoms with Crippen molar-refractivity contribution in [2.75, 3.05) is 26.8 Å². The molecule has 2 N–H and O–H groups in total. The first kappa shape index (κ1) is 15.8. The number of guanidine groups is 1. The van der Waals surface area contributed by atoms with Crippen LogP contribution in [0.1, 0.15) is 31.0 Å². The topological polar surface area (TPSA) is 45.7 Å². The van der Waals surface area contributed by atoms with Gasteiger partial charge in [0, 0.05) is 19.0 Å². The number of aliphatic imine (C=N–C) groups is 1. The zero-order chi connectivity index (χ0) is 15.5. The smallest absolute Gasteiger partial charge is 0.191 e. The first-order valence-electron chi connectivity index (χ1n) is 7.24. The molecule has 1 atom stereocenters. The highest BCUT2D eigenvalue weighted by Gasteiger charge is 2.33. The molecule has 0 spiro atoms. The van der Waals surface area contributed by atoms with Gasteiger partial charge in [0.1, 0.15) is 5.82 Å². The van der Waals surface area contributed by atoms with Crippen LogP contribution in [-0.4, -0.2) is 32.8 Å². The lowest BCUT2D eigenvalue weighted by molar-refractivity contribution is -0.0971. The van der Waals surface area contributed by atoms with E-state index in [9.17, 15) is 4.39 Å². The SMILES string of the molecule is CN=C(NCC1(C)COC1)NC(C)c1ccc(C)c(F)c1. The fourth-order valence-corrected chi connectivity index (χ4v) is 2.21. The number of nitrogens with zero attached hydrogens (tertiary/aromatic N) is 1. The molecule has 0 aromatic heterocycles. The van der Waals surface area contributed by atoms with E-state index >= 15 is 0 Å². The Morgan fingerprint density at radius 1 is 1.48 bits per heavy atom. The van der Waals surface area contributed by atoms with Crippen molar-refractivity contribution in [3.63, 3.8) is 0 Å². The molecule has 1 fully saturated rings. The molecule has 0 amide bonds. The lowest BCUT2D eigenvalue weighted by atomic mass is 9.89. The third-order valence-electron chi connectivity index (χ3n) is 3.86. The Balaban J connectivity index is 1.92. The van der Waals surface area contributed by atoms with Gasteiger partial charge in [-0.15, -0.1) is 0 Å². The molecule has 1 aromatic rings. The number of ether oxygens (including phenoxy) is 1. The lowest BCUT2D eigenvalue weighted by Crippen LogP contribution is -2.51. The maximum absolute atomic E-state index is 13.6. The van der Waals surface area contributed by atoms with Gasteiger partial charge in [0.15, 0.2) is 5.96 Å². The van der Waals surface area contributed by atoms with Gasteiger partial charge in [-0.05, 0) is 31.0 Å². The fraction of sp³-hybridized carbons (Fsp3) is 0.562. The van der Waals surface area contributed by atoms with Crippen molar-refractivity contribution >= 4 is 5.96 Å². The van der Waals surface area contributed by atoms with E-state index in [1.165, 1.54) is 0 Å². The van der Waals surface area contributed by atoms with E-state index in [0.29, 0.717) is 5.56 Å². The zero-order valence-electron chi connectivity index (χ0n) is 13.2. The van der Waals surface area contributed by atoms with Gasteiger partial charge in [-0.25, -0.2) is 4.39 Å². The Bertz CT molecular complexity index is 526. The minimum atomic E-state index is -0.178. The summed E-state index contributed by atoms with van der Waals surface area (Å²) in [5.74, 6) is 0.542. The Morgan fingerprint density at radius 2 is 2.19 bits per heavy atom. The van der Waals surface area contributed by atoms with Gasteiger partial charge in [0.2, 0.25) is 0 Å². The second-order valence-corrected chi connectivity index (χ2v) is 6.10. The molecule has 1 saturated heterocycles. The predicted octanol–water partition coefficient (Wildman–Crippen LogP) is 2.40. The van der Waals surface area contributed by atoms with E-state index in [-0.39, 0.29) is 17.3 Å². The highest BCUT2D eigenvalue weighted by molar-refractivity contribution is 5.80. The molecule has 1 aromatic carbocycles. The van der Waals surface area contributed by atoms with E-state index in [2.05, 4.69) is 22.5 Å². The van der Waals surface area contributed by atoms with E-state index < -0.39 is 0 Å². The summed E-state index contributed by atoms with van der Waals surface area (Å²) in [6.07, 6.45) is 0. The Morgan fingerprint density at radius 3 is 2.71 bits per heavy atom. The van der Waals surface area contributed by atoms with Crippen molar-refractivity contribution in [1.82, 2.24) is 10.6 Å². The molecular formula is C16H24FN3O. The number of benzene rings is 1. The minimum Gasteiger partial charge on any atom is -0.380 e. The third-order valence-corrected chi connectivity index (χ3v) is 3.86. The third kappa shape index (κ3) is 3.94. The van der Waals surface area contributed by atoms with Crippen LogP contribution < -0.4 is 10.6 Å². The first-order valence-corrected chi connectivity index (χ1v) is 7.24. The molecule has 2 rings (SSSR count). The highest BCUT2D eigenvalue weighted by Crippen LogP contribution is 2.25. The Labute approximate surface area is 125 Å². The summed E-state index contributed by atoms with van der Waals surface area (Å²) in [7, 11) is 1.73. The van der Waals surface area contributed by atoms with Gasteiger partial charge in [-0.3, -0.25) is 4.99 Å². The van der Waals surface area contributed by atoms with Crippen molar-refractivity contribution in [2.45, 2.75) is 26.8 Å². The number of hydrogen-bond donors (Lipinski definition) is 2. The van der Waals surface area contributed by atoms with Gasteiger partial charge in [-0.2, -0.15) is 0 Å².